The average molecular weight is 425 g/mol. The third-order valence-electron chi connectivity index (χ3n) is 5.88. The van der Waals surface area contributed by atoms with Crippen LogP contribution in [0, 0.1) is 11.3 Å². The van der Waals surface area contributed by atoms with Crippen molar-refractivity contribution < 1.29 is 13.8 Å². The third-order valence-corrected chi connectivity index (χ3v) is 6.88. The molecule has 4 aromatic rings. The molecule has 2 aliphatic rings. The zero-order valence-electron chi connectivity index (χ0n) is 16.5. The molecule has 0 saturated carbocycles. The maximum absolute atomic E-state index is 13.5. The maximum atomic E-state index is 13.5. The van der Waals surface area contributed by atoms with Crippen molar-refractivity contribution in [1.29, 1.82) is 5.26 Å². The third kappa shape index (κ3) is 2.80. The van der Waals surface area contributed by atoms with Crippen LogP contribution in [0.3, 0.4) is 0 Å². The summed E-state index contributed by atoms with van der Waals surface area (Å²) in [4.78, 5) is 20.1. The van der Waals surface area contributed by atoms with E-state index in [-0.39, 0.29) is 5.91 Å². The lowest BCUT2D eigenvalue weighted by Gasteiger charge is -2.19. The van der Waals surface area contributed by atoms with Gasteiger partial charge in [-0.15, -0.1) is 11.3 Å². The Bertz CT molecular complexity index is 1380. The molecular formula is C24H17N4O2S+. The zero-order valence-corrected chi connectivity index (χ0v) is 17.3. The Morgan fingerprint density at radius 3 is 2.87 bits per heavy atom. The number of thiophene rings is 1. The van der Waals surface area contributed by atoms with Gasteiger partial charge in [-0.25, -0.2) is 9.78 Å². The van der Waals surface area contributed by atoms with Gasteiger partial charge in [-0.2, -0.15) is 9.83 Å². The lowest BCUT2D eigenvalue weighted by atomic mass is 9.91. The lowest BCUT2D eigenvalue weighted by Crippen LogP contribution is -2.48. The Hall–Kier alpha value is -3.76. The predicted octanol–water partition coefficient (Wildman–Crippen LogP) is 4.00. The number of carbonyl (C=O) groups is 1. The number of anilines is 1. The normalized spacial score (nSPS) is 16.2. The van der Waals surface area contributed by atoms with Crippen molar-refractivity contribution in [3.63, 3.8) is 0 Å². The molecule has 0 saturated heterocycles. The molecule has 6 rings (SSSR count). The Balaban J connectivity index is 1.56. The first kappa shape index (κ1) is 18.0. The second-order valence-corrected chi connectivity index (χ2v) is 8.78. The molecule has 1 atom stereocenters. The zero-order chi connectivity index (χ0) is 20.9. The van der Waals surface area contributed by atoms with Crippen LogP contribution in [0.15, 0.2) is 59.2 Å². The average Bonchev–Trinajstić information content (AvgIpc) is 3.55. The van der Waals surface area contributed by atoms with Gasteiger partial charge in [-0.1, -0.05) is 24.3 Å². The fourth-order valence-corrected chi connectivity index (χ4v) is 5.26. The quantitative estimate of drug-likeness (QED) is 0.502. The van der Waals surface area contributed by atoms with Crippen molar-refractivity contribution in [3.8, 4) is 27.9 Å². The number of nitriles is 1. The summed E-state index contributed by atoms with van der Waals surface area (Å²) >= 11 is 1.39. The maximum Gasteiger partial charge on any atom is 0.359 e. The highest BCUT2D eigenvalue weighted by Gasteiger charge is 2.45. The summed E-state index contributed by atoms with van der Waals surface area (Å²) in [6.07, 6.45) is 3.71. The van der Waals surface area contributed by atoms with Gasteiger partial charge in [0.15, 0.2) is 5.69 Å². The van der Waals surface area contributed by atoms with E-state index in [1.807, 2.05) is 34.9 Å². The minimum atomic E-state index is -0.425. The highest BCUT2D eigenvalue weighted by Crippen LogP contribution is 2.38. The second kappa shape index (κ2) is 6.89. The number of nitrogens with zero attached hydrogens (tertiary/aromatic N) is 3. The Morgan fingerprint density at radius 2 is 2.06 bits per heavy atom. The van der Waals surface area contributed by atoms with Crippen LogP contribution >= 0.6 is 11.3 Å². The van der Waals surface area contributed by atoms with E-state index in [0.29, 0.717) is 22.8 Å². The minimum Gasteiger partial charge on any atom is -0.469 e. The number of furan rings is 1. The number of hydrogen-bond donors (Lipinski definition) is 1. The largest absolute Gasteiger partial charge is 0.469 e. The topological polar surface area (TPSA) is 82.8 Å². The second-order valence-electron chi connectivity index (χ2n) is 7.69. The van der Waals surface area contributed by atoms with Crippen molar-refractivity contribution in [3.05, 3.63) is 76.7 Å². The van der Waals surface area contributed by atoms with Gasteiger partial charge in [0.25, 0.3) is 0 Å². The molecule has 7 heteroatoms. The van der Waals surface area contributed by atoms with Crippen LogP contribution in [0.5, 0.6) is 0 Å². The van der Waals surface area contributed by atoms with Crippen molar-refractivity contribution >= 4 is 23.1 Å². The molecule has 150 valence electrons. The van der Waals surface area contributed by atoms with Crippen LogP contribution in [0.2, 0.25) is 0 Å². The fraction of sp³-hybridized carbons (Fsp3) is 0.167. The van der Waals surface area contributed by atoms with E-state index >= 15 is 0 Å². The Morgan fingerprint density at radius 1 is 1.16 bits per heavy atom. The van der Waals surface area contributed by atoms with Crippen LogP contribution < -0.4 is 9.88 Å². The standard InChI is InChI=1S/C24H16N4O2S/c25-13-16-8-10-20(31-16)22-23-26-18(12-15-5-3-11-30-15)24(29)28(23)19-9-7-14-4-1-2-6-17(14)21(19)27-22/h1-6,8,10-11,18H,7,9,12H2/p+1. The van der Waals surface area contributed by atoms with E-state index < -0.39 is 6.04 Å². The van der Waals surface area contributed by atoms with E-state index in [2.05, 4.69) is 23.5 Å². The summed E-state index contributed by atoms with van der Waals surface area (Å²) in [5, 5.41) is 12.7. The molecule has 0 fully saturated rings. The molecule has 0 amide bonds. The summed E-state index contributed by atoms with van der Waals surface area (Å²) in [5.41, 5.74) is 4.80. The molecule has 3 aromatic heterocycles. The summed E-state index contributed by atoms with van der Waals surface area (Å²) in [5.74, 6) is 1.46. The number of benzene rings is 1. The van der Waals surface area contributed by atoms with Crippen LogP contribution in [-0.2, 0) is 19.3 Å². The van der Waals surface area contributed by atoms with Crippen molar-refractivity contribution in [2.75, 3.05) is 5.32 Å². The number of fused-ring (bicyclic) bond motifs is 5. The van der Waals surface area contributed by atoms with E-state index in [1.54, 1.807) is 12.3 Å². The van der Waals surface area contributed by atoms with Gasteiger partial charge in [-0.05, 0) is 36.2 Å². The van der Waals surface area contributed by atoms with Crippen molar-refractivity contribution in [2.45, 2.75) is 25.3 Å². The number of aryl methyl sites for hydroxylation is 1. The van der Waals surface area contributed by atoms with Crippen LogP contribution in [0.25, 0.3) is 21.8 Å². The molecule has 1 aromatic carbocycles. The van der Waals surface area contributed by atoms with Gasteiger partial charge in [0.2, 0.25) is 6.04 Å². The molecule has 6 nitrogen and oxygen atoms in total. The molecule has 1 unspecified atom stereocenters. The van der Waals surface area contributed by atoms with E-state index in [4.69, 9.17) is 9.40 Å². The highest BCUT2D eigenvalue weighted by atomic mass is 32.1. The van der Waals surface area contributed by atoms with Gasteiger partial charge in [0, 0.05) is 12.0 Å². The molecule has 0 spiro atoms. The van der Waals surface area contributed by atoms with Gasteiger partial charge in [0.1, 0.15) is 28.1 Å². The van der Waals surface area contributed by atoms with Crippen molar-refractivity contribution in [2.24, 2.45) is 0 Å². The van der Waals surface area contributed by atoms with E-state index in [9.17, 15) is 10.1 Å². The van der Waals surface area contributed by atoms with Gasteiger partial charge in [-0.3, -0.25) is 5.32 Å². The number of aromatic nitrogens is 2. The monoisotopic (exact) mass is 425 g/mol. The summed E-state index contributed by atoms with van der Waals surface area (Å²) in [6.45, 7) is 0. The molecule has 4 heterocycles. The molecule has 1 aliphatic heterocycles. The predicted molar refractivity (Wildman–Crippen MR) is 116 cm³/mol. The minimum absolute atomic E-state index is 0.00254. The Kier molecular flexibility index (Phi) is 4.01. The Labute approximate surface area is 182 Å². The summed E-state index contributed by atoms with van der Waals surface area (Å²) < 4.78 is 7.30. The smallest absolute Gasteiger partial charge is 0.359 e. The van der Waals surface area contributed by atoms with Crippen LogP contribution in [-0.4, -0.2) is 16.9 Å². The first-order chi connectivity index (χ1) is 15.2. The van der Waals surface area contributed by atoms with Gasteiger partial charge in [0.05, 0.1) is 17.6 Å². The SMILES string of the molecule is N#Cc1ccc(-c2nc3c([n+]4c2NC(Cc2ccco2)C4=O)CCc2ccccc2-3)s1. The molecule has 1 N–H and O–H groups in total. The van der Waals surface area contributed by atoms with Gasteiger partial charge >= 0.3 is 11.7 Å². The molecular weight excluding hydrogens is 408 g/mol. The molecule has 1 aliphatic carbocycles. The van der Waals surface area contributed by atoms with Gasteiger partial charge < -0.3 is 4.42 Å². The summed E-state index contributed by atoms with van der Waals surface area (Å²) in [7, 11) is 0. The number of nitrogens with one attached hydrogen (secondary N) is 1. The van der Waals surface area contributed by atoms with Crippen molar-refractivity contribution in [1.82, 2.24) is 4.98 Å². The number of rotatable bonds is 3. The van der Waals surface area contributed by atoms with Crippen LogP contribution in [0.1, 0.15) is 26.7 Å². The molecule has 0 radical (unpaired) electrons. The number of hydrogen-bond acceptors (Lipinski definition) is 6. The van der Waals surface area contributed by atoms with Crippen LogP contribution in [0.4, 0.5) is 5.82 Å². The number of carbonyl (C=O) groups excluding carboxylic acids is 1. The lowest BCUT2D eigenvalue weighted by molar-refractivity contribution is -0.561. The first-order valence-electron chi connectivity index (χ1n) is 10.1. The summed E-state index contributed by atoms with van der Waals surface area (Å²) in [6, 6.07) is 17.4. The highest BCUT2D eigenvalue weighted by molar-refractivity contribution is 7.16. The van der Waals surface area contributed by atoms with E-state index in [0.717, 1.165) is 40.4 Å². The fourth-order valence-electron chi connectivity index (χ4n) is 4.47. The molecule has 31 heavy (non-hydrogen) atoms. The van der Waals surface area contributed by atoms with E-state index in [1.165, 1.54) is 16.9 Å². The first-order valence-corrected chi connectivity index (χ1v) is 10.9. The molecule has 0 bridgehead atoms.